The van der Waals surface area contributed by atoms with Crippen LogP contribution in [0.5, 0.6) is 0 Å². The monoisotopic (exact) mass is 411 g/mol. The van der Waals surface area contributed by atoms with E-state index in [1.54, 1.807) is 0 Å². The van der Waals surface area contributed by atoms with Crippen molar-refractivity contribution in [3.05, 3.63) is 52.3 Å². The van der Waals surface area contributed by atoms with Crippen LogP contribution < -0.4 is 16.7 Å². The molecule has 1 aliphatic heterocycles. The molecule has 1 aliphatic rings. The Balaban J connectivity index is 1.85. The second-order valence-electron chi connectivity index (χ2n) is 6.05. The number of hydrogen-bond donors (Lipinski definition) is 4. The zero-order valence-electron chi connectivity index (χ0n) is 14.5. The van der Waals surface area contributed by atoms with Crippen molar-refractivity contribution in [1.29, 1.82) is 0 Å². The van der Waals surface area contributed by atoms with Crippen LogP contribution in [0.25, 0.3) is 0 Å². The number of halogens is 2. The highest BCUT2D eigenvalue weighted by Gasteiger charge is 2.59. The summed E-state index contributed by atoms with van der Waals surface area (Å²) in [6.45, 7) is -0.879. The summed E-state index contributed by atoms with van der Waals surface area (Å²) in [4.78, 5) is 43.0. The quantitative estimate of drug-likeness (QED) is 0.479. The number of aliphatic hydroxyl groups is 2. The van der Waals surface area contributed by atoms with Gasteiger partial charge in [0.25, 0.3) is 11.8 Å². The van der Waals surface area contributed by atoms with Gasteiger partial charge < -0.3 is 26.0 Å². The van der Waals surface area contributed by atoms with Crippen LogP contribution >= 0.6 is 0 Å². The van der Waals surface area contributed by atoms with Gasteiger partial charge in [0.2, 0.25) is 6.23 Å². The van der Waals surface area contributed by atoms with Gasteiger partial charge in [-0.15, -0.1) is 0 Å². The minimum atomic E-state index is -3.87. The number of nitrogens with one attached hydrogen (secondary N) is 1. The number of nitrogens with zero attached hydrogens (tertiary/aromatic N) is 3. The van der Waals surface area contributed by atoms with Crippen molar-refractivity contribution in [3.63, 3.8) is 0 Å². The maximum atomic E-state index is 14.2. The smallest absolute Gasteiger partial charge is 0.351 e. The van der Waals surface area contributed by atoms with Gasteiger partial charge in [-0.05, 0) is 18.2 Å². The lowest BCUT2D eigenvalue weighted by molar-refractivity contribution is -0.140. The van der Waals surface area contributed by atoms with E-state index in [1.165, 1.54) is 18.3 Å². The fourth-order valence-electron chi connectivity index (χ4n) is 2.74. The van der Waals surface area contributed by atoms with E-state index in [0.29, 0.717) is 4.57 Å². The van der Waals surface area contributed by atoms with Gasteiger partial charge in [-0.2, -0.15) is 13.8 Å². The highest BCUT2D eigenvalue weighted by molar-refractivity contribution is 6.10. The third-order valence-electron chi connectivity index (χ3n) is 4.17. The SMILES string of the molecule is NC(=O)c1cccnc1C(=O)Nc1ccn(C2OC(CO)C(O)C2(F)F)c(=O)n1. The van der Waals surface area contributed by atoms with E-state index in [2.05, 4.69) is 15.3 Å². The largest absolute Gasteiger partial charge is 0.394 e. The molecule has 3 atom stereocenters. The molecule has 3 heterocycles. The molecule has 0 radical (unpaired) electrons. The number of aromatic nitrogens is 3. The van der Waals surface area contributed by atoms with Crippen LogP contribution in [-0.2, 0) is 4.74 Å². The summed E-state index contributed by atoms with van der Waals surface area (Å²) < 4.78 is 33.6. The first-order chi connectivity index (χ1) is 13.7. The second-order valence-corrected chi connectivity index (χ2v) is 6.05. The van der Waals surface area contributed by atoms with Crippen LogP contribution in [0.3, 0.4) is 0 Å². The van der Waals surface area contributed by atoms with E-state index in [4.69, 9.17) is 15.6 Å². The van der Waals surface area contributed by atoms with Gasteiger partial charge in [0, 0.05) is 12.4 Å². The van der Waals surface area contributed by atoms with Gasteiger partial charge in [-0.1, -0.05) is 0 Å². The Hall–Kier alpha value is -3.29. The van der Waals surface area contributed by atoms with Gasteiger partial charge in [0.05, 0.1) is 12.2 Å². The van der Waals surface area contributed by atoms with Crippen LogP contribution in [0.4, 0.5) is 14.6 Å². The van der Waals surface area contributed by atoms with E-state index >= 15 is 0 Å². The molecule has 2 amide bonds. The van der Waals surface area contributed by atoms with Crippen molar-refractivity contribution in [2.24, 2.45) is 5.73 Å². The summed E-state index contributed by atoms with van der Waals surface area (Å²) in [6, 6.07) is 3.70. The van der Waals surface area contributed by atoms with Crippen molar-refractivity contribution < 1.29 is 33.3 Å². The van der Waals surface area contributed by atoms with E-state index in [0.717, 1.165) is 12.3 Å². The number of nitrogens with two attached hydrogens (primary N) is 1. The van der Waals surface area contributed by atoms with Gasteiger partial charge in [-0.3, -0.25) is 19.1 Å². The van der Waals surface area contributed by atoms with Crippen LogP contribution in [0.15, 0.2) is 35.4 Å². The van der Waals surface area contributed by atoms with Gasteiger partial charge in [-0.25, -0.2) is 4.79 Å². The lowest BCUT2D eigenvalue weighted by Gasteiger charge is -2.21. The standard InChI is InChI=1S/C16H15F2N5O6/c17-16(18)11(25)8(6-24)29-14(16)23-5-3-9(22-15(23)28)21-13(27)10-7(12(19)26)2-1-4-20-10/h1-5,8,11,14,24-25H,6H2,(H2,19,26)(H,21,22,27,28). The van der Waals surface area contributed by atoms with Crippen LogP contribution in [0, 0.1) is 0 Å². The Morgan fingerprint density at radius 1 is 1.38 bits per heavy atom. The molecular weight excluding hydrogens is 396 g/mol. The molecule has 0 spiro atoms. The van der Waals surface area contributed by atoms with Crippen molar-refractivity contribution in [2.45, 2.75) is 24.4 Å². The molecule has 13 heteroatoms. The summed E-state index contributed by atoms with van der Waals surface area (Å²) in [6.07, 6.45) is -3.98. The number of amides is 2. The number of pyridine rings is 1. The van der Waals surface area contributed by atoms with Crippen LogP contribution in [-0.4, -0.2) is 61.3 Å². The second kappa shape index (κ2) is 7.62. The van der Waals surface area contributed by atoms with Crippen molar-refractivity contribution >= 4 is 17.6 Å². The predicted octanol–water partition coefficient (Wildman–Crippen LogP) is -1.12. The van der Waals surface area contributed by atoms with Crippen LogP contribution in [0.1, 0.15) is 27.1 Å². The van der Waals surface area contributed by atoms with Crippen molar-refractivity contribution in [2.75, 3.05) is 11.9 Å². The molecule has 3 unspecified atom stereocenters. The Labute approximate surface area is 160 Å². The number of alkyl halides is 2. The van der Waals surface area contributed by atoms with Crippen LogP contribution in [0.2, 0.25) is 0 Å². The molecule has 2 aromatic rings. The Morgan fingerprint density at radius 2 is 2.10 bits per heavy atom. The van der Waals surface area contributed by atoms with E-state index in [9.17, 15) is 28.3 Å². The first-order valence-corrected chi connectivity index (χ1v) is 8.14. The molecule has 0 aliphatic carbocycles. The van der Waals surface area contributed by atoms with Gasteiger partial charge >= 0.3 is 11.6 Å². The Kier molecular flexibility index (Phi) is 5.37. The zero-order valence-corrected chi connectivity index (χ0v) is 14.5. The number of anilines is 1. The van der Waals surface area contributed by atoms with E-state index < -0.39 is 48.5 Å². The number of carbonyl (C=O) groups is 2. The molecular formula is C16H15F2N5O6. The lowest BCUT2D eigenvalue weighted by atomic mass is 10.1. The third kappa shape index (κ3) is 3.70. The fourth-order valence-corrected chi connectivity index (χ4v) is 2.74. The molecule has 2 aromatic heterocycles. The average molecular weight is 411 g/mol. The topological polar surface area (TPSA) is 170 Å². The summed E-state index contributed by atoms with van der Waals surface area (Å²) in [7, 11) is 0. The summed E-state index contributed by atoms with van der Waals surface area (Å²) in [5.41, 5.74) is 3.47. The van der Waals surface area contributed by atoms with Crippen molar-refractivity contribution in [3.8, 4) is 0 Å². The number of primary amides is 1. The lowest BCUT2D eigenvalue weighted by Crippen LogP contribution is -2.41. The summed E-state index contributed by atoms with van der Waals surface area (Å²) >= 11 is 0. The number of carbonyl (C=O) groups excluding carboxylic acids is 2. The maximum absolute atomic E-state index is 14.2. The normalized spacial score (nSPS) is 23.0. The molecule has 3 rings (SSSR count). The van der Waals surface area contributed by atoms with Crippen molar-refractivity contribution in [1.82, 2.24) is 14.5 Å². The highest BCUT2D eigenvalue weighted by Crippen LogP contribution is 2.41. The molecule has 5 N–H and O–H groups in total. The summed E-state index contributed by atoms with van der Waals surface area (Å²) in [5.74, 6) is -5.97. The fraction of sp³-hybridized carbons (Fsp3) is 0.312. The molecule has 29 heavy (non-hydrogen) atoms. The molecule has 0 aromatic carbocycles. The average Bonchev–Trinajstić information content (AvgIpc) is 2.91. The molecule has 0 bridgehead atoms. The number of ether oxygens (including phenoxy) is 1. The predicted molar refractivity (Wildman–Crippen MR) is 91.2 cm³/mol. The first-order valence-electron chi connectivity index (χ1n) is 8.14. The molecule has 1 fully saturated rings. The molecule has 154 valence electrons. The summed E-state index contributed by atoms with van der Waals surface area (Å²) in [5, 5.41) is 20.8. The number of rotatable bonds is 5. The minimum Gasteiger partial charge on any atom is -0.394 e. The van der Waals surface area contributed by atoms with E-state index in [-0.39, 0.29) is 17.1 Å². The first kappa shape index (κ1) is 20.4. The maximum Gasteiger partial charge on any atom is 0.351 e. The minimum absolute atomic E-state index is 0.165. The number of aliphatic hydroxyl groups excluding tert-OH is 2. The van der Waals surface area contributed by atoms with E-state index in [1.807, 2.05) is 0 Å². The third-order valence-corrected chi connectivity index (χ3v) is 4.17. The van der Waals surface area contributed by atoms with Gasteiger partial charge in [0.15, 0.2) is 6.10 Å². The van der Waals surface area contributed by atoms with Gasteiger partial charge in [0.1, 0.15) is 17.6 Å². The molecule has 11 nitrogen and oxygen atoms in total. The number of hydrogen-bond acceptors (Lipinski definition) is 8. The molecule has 1 saturated heterocycles. The highest BCUT2D eigenvalue weighted by atomic mass is 19.3. The zero-order chi connectivity index (χ0) is 21.3. The molecule has 0 saturated carbocycles. The Bertz CT molecular complexity index is 1010. The Morgan fingerprint density at radius 3 is 2.69 bits per heavy atom.